The van der Waals surface area contributed by atoms with Crippen LogP contribution in [0.3, 0.4) is 0 Å². The molecule has 2 aromatic rings. The maximum absolute atomic E-state index is 13.1. The van der Waals surface area contributed by atoms with Crippen LogP contribution < -0.4 is 4.18 Å². The Morgan fingerprint density at radius 1 is 1.03 bits per heavy atom. The first kappa shape index (κ1) is 23.9. The molecule has 0 aliphatic carbocycles. The van der Waals surface area contributed by atoms with Crippen molar-refractivity contribution in [3.63, 3.8) is 0 Å². The van der Waals surface area contributed by atoms with Crippen LogP contribution in [-0.2, 0) is 27.8 Å². The van der Waals surface area contributed by atoms with Crippen molar-refractivity contribution in [2.24, 2.45) is 0 Å². The molecule has 1 amide bonds. The van der Waals surface area contributed by atoms with E-state index in [4.69, 9.17) is 8.92 Å². The van der Waals surface area contributed by atoms with Crippen LogP contribution >= 0.6 is 0 Å². The quantitative estimate of drug-likeness (QED) is 0.373. The Balaban J connectivity index is 2.13. The number of nitrogens with zero attached hydrogens (tertiary/aromatic N) is 1. The summed E-state index contributed by atoms with van der Waals surface area (Å²) in [6, 6.07) is 14.5. The molecular weight excluding hydrogens is 402 g/mol. The Bertz CT molecular complexity index is 909. The monoisotopic (exact) mass is 433 g/mol. The number of carbonyl (C=O) groups is 1. The van der Waals surface area contributed by atoms with Gasteiger partial charge in [0.25, 0.3) is 5.91 Å². The minimum atomic E-state index is -3.61. The molecule has 30 heavy (non-hydrogen) atoms. The molecule has 0 heterocycles. The van der Waals surface area contributed by atoms with Crippen LogP contribution in [0.5, 0.6) is 5.75 Å². The standard InChI is InChI=1S/C23H31NO5S/c1-4-5-6-8-19-11-13-21(14-12-19)23(25)24(15-16-28-2)18-20-9-7-10-22(17-20)29-30(3,26)27/h7,9-14,17H,4-6,8,15-16,18H2,1-3H3. The van der Waals surface area contributed by atoms with E-state index in [0.717, 1.165) is 24.7 Å². The topological polar surface area (TPSA) is 72.9 Å². The fourth-order valence-electron chi connectivity index (χ4n) is 3.12. The number of benzene rings is 2. The average molecular weight is 434 g/mol. The fourth-order valence-corrected chi connectivity index (χ4v) is 3.57. The molecule has 0 fully saturated rings. The summed E-state index contributed by atoms with van der Waals surface area (Å²) in [6.07, 6.45) is 5.55. The summed E-state index contributed by atoms with van der Waals surface area (Å²) >= 11 is 0. The summed E-state index contributed by atoms with van der Waals surface area (Å²) in [6.45, 7) is 3.33. The summed E-state index contributed by atoms with van der Waals surface area (Å²) < 4.78 is 32.9. The lowest BCUT2D eigenvalue weighted by Crippen LogP contribution is -2.33. The predicted octanol–water partition coefficient (Wildman–Crippen LogP) is 4.05. The zero-order chi connectivity index (χ0) is 22.0. The van der Waals surface area contributed by atoms with Gasteiger partial charge in [0.15, 0.2) is 0 Å². The van der Waals surface area contributed by atoms with Crippen molar-refractivity contribution in [1.82, 2.24) is 4.90 Å². The maximum Gasteiger partial charge on any atom is 0.306 e. The molecule has 0 unspecified atom stereocenters. The van der Waals surface area contributed by atoms with Gasteiger partial charge in [-0.1, -0.05) is 44.0 Å². The first-order valence-electron chi connectivity index (χ1n) is 10.2. The lowest BCUT2D eigenvalue weighted by molar-refractivity contribution is 0.0680. The average Bonchev–Trinajstić information content (AvgIpc) is 2.70. The van der Waals surface area contributed by atoms with E-state index in [-0.39, 0.29) is 11.7 Å². The molecule has 0 spiro atoms. The second kappa shape index (κ2) is 11.7. The van der Waals surface area contributed by atoms with Gasteiger partial charge in [-0.15, -0.1) is 0 Å². The van der Waals surface area contributed by atoms with Gasteiger partial charge in [0.1, 0.15) is 5.75 Å². The van der Waals surface area contributed by atoms with Gasteiger partial charge in [0.05, 0.1) is 12.9 Å². The zero-order valence-corrected chi connectivity index (χ0v) is 18.8. The molecule has 164 valence electrons. The first-order chi connectivity index (χ1) is 14.3. The Labute approximate surface area is 179 Å². The van der Waals surface area contributed by atoms with E-state index in [1.165, 1.54) is 18.4 Å². The summed E-state index contributed by atoms with van der Waals surface area (Å²) in [5.41, 5.74) is 2.62. The molecule has 0 N–H and O–H groups in total. The van der Waals surface area contributed by atoms with E-state index >= 15 is 0 Å². The Kier molecular flexibility index (Phi) is 9.33. The summed E-state index contributed by atoms with van der Waals surface area (Å²) in [5.74, 6) is 0.132. The van der Waals surface area contributed by atoms with E-state index in [0.29, 0.717) is 25.3 Å². The van der Waals surface area contributed by atoms with Gasteiger partial charge < -0.3 is 13.8 Å². The number of aryl methyl sites for hydroxylation is 1. The molecule has 6 nitrogen and oxygen atoms in total. The van der Waals surface area contributed by atoms with E-state index in [1.807, 2.05) is 30.3 Å². The van der Waals surface area contributed by atoms with Gasteiger partial charge in [-0.3, -0.25) is 4.79 Å². The number of amides is 1. The second-order valence-electron chi connectivity index (χ2n) is 7.31. The summed E-state index contributed by atoms with van der Waals surface area (Å²) in [7, 11) is -2.02. The Morgan fingerprint density at radius 3 is 2.40 bits per heavy atom. The van der Waals surface area contributed by atoms with Crippen molar-refractivity contribution in [1.29, 1.82) is 0 Å². The lowest BCUT2D eigenvalue weighted by atomic mass is 10.0. The highest BCUT2D eigenvalue weighted by Gasteiger charge is 2.17. The number of hydrogen-bond acceptors (Lipinski definition) is 5. The molecule has 2 rings (SSSR count). The normalized spacial score (nSPS) is 11.3. The van der Waals surface area contributed by atoms with Crippen LogP contribution in [-0.4, -0.2) is 45.7 Å². The van der Waals surface area contributed by atoms with Gasteiger partial charge in [0.2, 0.25) is 0 Å². The highest BCUT2D eigenvalue weighted by molar-refractivity contribution is 7.86. The Hall–Kier alpha value is -2.38. The molecule has 0 aliphatic heterocycles. The molecule has 0 aromatic heterocycles. The van der Waals surface area contributed by atoms with Gasteiger partial charge in [0, 0.05) is 25.8 Å². The maximum atomic E-state index is 13.1. The number of rotatable bonds is 12. The van der Waals surface area contributed by atoms with Crippen LogP contribution in [0.1, 0.15) is 47.7 Å². The molecule has 0 bridgehead atoms. The van der Waals surface area contributed by atoms with E-state index in [1.54, 1.807) is 30.2 Å². The molecule has 7 heteroatoms. The van der Waals surface area contributed by atoms with Crippen LogP contribution in [0.25, 0.3) is 0 Å². The molecule has 2 aromatic carbocycles. The van der Waals surface area contributed by atoms with Gasteiger partial charge in [-0.05, 0) is 48.2 Å². The molecule has 0 saturated carbocycles. The number of carbonyl (C=O) groups excluding carboxylic acids is 1. The highest BCUT2D eigenvalue weighted by atomic mass is 32.2. The molecule has 0 radical (unpaired) electrons. The van der Waals surface area contributed by atoms with Crippen LogP contribution in [0.15, 0.2) is 48.5 Å². The van der Waals surface area contributed by atoms with Crippen molar-refractivity contribution >= 4 is 16.0 Å². The summed E-state index contributed by atoms with van der Waals surface area (Å²) in [4.78, 5) is 14.8. The summed E-state index contributed by atoms with van der Waals surface area (Å²) in [5, 5.41) is 0. The molecular formula is C23H31NO5S. The van der Waals surface area contributed by atoms with Gasteiger partial charge in [-0.25, -0.2) is 0 Å². The second-order valence-corrected chi connectivity index (χ2v) is 8.88. The van der Waals surface area contributed by atoms with Crippen LogP contribution in [0.4, 0.5) is 0 Å². The third kappa shape index (κ3) is 8.16. The number of ether oxygens (including phenoxy) is 1. The number of unbranched alkanes of at least 4 members (excludes halogenated alkanes) is 2. The number of hydrogen-bond donors (Lipinski definition) is 0. The molecule has 0 atom stereocenters. The largest absolute Gasteiger partial charge is 0.383 e. The first-order valence-corrected chi connectivity index (χ1v) is 12.0. The minimum absolute atomic E-state index is 0.0957. The lowest BCUT2D eigenvalue weighted by Gasteiger charge is -2.23. The third-order valence-electron chi connectivity index (χ3n) is 4.64. The molecule has 0 saturated heterocycles. The van der Waals surface area contributed by atoms with Crippen molar-refractivity contribution in [2.75, 3.05) is 26.5 Å². The highest BCUT2D eigenvalue weighted by Crippen LogP contribution is 2.18. The predicted molar refractivity (Wildman–Crippen MR) is 118 cm³/mol. The van der Waals surface area contributed by atoms with Crippen LogP contribution in [0, 0.1) is 0 Å². The van der Waals surface area contributed by atoms with Crippen molar-refractivity contribution < 1.29 is 22.1 Å². The minimum Gasteiger partial charge on any atom is -0.383 e. The van der Waals surface area contributed by atoms with Gasteiger partial charge >= 0.3 is 10.1 Å². The third-order valence-corrected chi connectivity index (χ3v) is 5.14. The Morgan fingerprint density at radius 2 is 1.77 bits per heavy atom. The molecule has 0 aliphatic rings. The van der Waals surface area contributed by atoms with E-state index < -0.39 is 10.1 Å². The smallest absolute Gasteiger partial charge is 0.306 e. The fraction of sp³-hybridized carbons (Fsp3) is 0.435. The van der Waals surface area contributed by atoms with Crippen molar-refractivity contribution in [3.8, 4) is 5.75 Å². The SMILES string of the molecule is CCCCCc1ccc(C(=O)N(CCOC)Cc2cccc(OS(C)(=O)=O)c2)cc1. The van der Waals surface area contributed by atoms with E-state index in [2.05, 4.69) is 6.92 Å². The van der Waals surface area contributed by atoms with E-state index in [9.17, 15) is 13.2 Å². The zero-order valence-electron chi connectivity index (χ0n) is 18.0. The van der Waals surface area contributed by atoms with Crippen molar-refractivity contribution in [2.45, 2.75) is 39.2 Å². The van der Waals surface area contributed by atoms with Gasteiger partial charge in [-0.2, -0.15) is 8.42 Å². The van der Waals surface area contributed by atoms with Crippen LogP contribution in [0.2, 0.25) is 0 Å². The number of methoxy groups -OCH3 is 1. The van der Waals surface area contributed by atoms with Crippen molar-refractivity contribution in [3.05, 3.63) is 65.2 Å².